The molecule has 2 aromatic carbocycles. The predicted octanol–water partition coefficient (Wildman–Crippen LogP) is 9.41. The van der Waals surface area contributed by atoms with Crippen molar-refractivity contribution in [3.63, 3.8) is 0 Å². The zero-order valence-electron chi connectivity index (χ0n) is 23.5. The van der Waals surface area contributed by atoms with E-state index in [4.69, 9.17) is 21.1 Å². The SMILES string of the molecule is CCCCCCCCCCCCCCOc1ccc(OCC(=O)Nc2ccccc2CN2C=CSC2)c(Cl)c1. The van der Waals surface area contributed by atoms with Gasteiger partial charge in [-0.3, -0.25) is 4.79 Å². The third-order valence-corrected chi connectivity index (χ3v) is 7.89. The van der Waals surface area contributed by atoms with Crippen molar-refractivity contribution < 1.29 is 14.3 Å². The number of ether oxygens (including phenoxy) is 2. The van der Waals surface area contributed by atoms with E-state index in [-0.39, 0.29) is 12.5 Å². The van der Waals surface area contributed by atoms with Crippen molar-refractivity contribution in [3.05, 3.63) is 64.7 Å². The van der Waals surface area contributed by atoms with Gasteiger partial charge in [0.15, 0.2) is 6.61 Å². The predicted molar refractivity (Wildman–Crippen MR) is 166 cm³/mol. The first-order valence-corrected chi connectivity index (χ1v) is 16.0. The fourth-order valence-corrected chi connectivity index (χ4v) is 5.50. The molecular weight excluding hydrogens is 528 g/mol. The number of thioether (sulfide) groups is 1. The largest absolute Gasteiger partial charge is 0.494 e. The lowest BCUT2D eigenvalue weighted by molar-refractivity contribution is -0.118. The Hall–Kier alpha value is -2.31. The third-order valence-electron chi connectivity index (χ3n) is 6.80. The number of hydrogen-bond acceptors (Lipinski definition) is 5. The van der Waals surface area contributed by atoms with E-state index in [1.165, 1.54) is 70.6 Å². The van der Waals surface area contributed by atoms with E-state index in [1.54, 1.807) is 23.9 Å². The minimum absolute atomic E-state index is 0.118. The van der Waals surface area contributed by atoms with Crippen LogP contribution in [0.25, 0.3) is 0 Å². The van der Waals surface area contributed by atoms with Crippen molar-refractivity contribution in [2.45, 2.75) is 90.5 Å². The Kier molecular flexibility index (Phi) is 15.1. The summed E-state index contributed by atoms with van der Waals surface area (Å²) in [5.74, 6) is 1.89. The highest BCUT2D eigenvalue weighted by Gasteiger charge is 2.12. The van der Waals surface area contributed by atoms with Crippen LogP contribution in [0.2, 0.25) is 5.02 Å². The number of carbonyl (C=O) groups is 1. The van der Waals surface area contributed by atoms with Gasteiger partial charge in [0.2, 0.25) is 0 Å². The number of halogens is 1. The number of carbonyl (C=O) groups excluding carboxylic acids is 1. The van der Waals surface area contributed by atoms with Crippen LogP contribution in [0.1, 0.15) is 89.5 Å². The van der Waals surface area contributed by atoms with E-state index >= 15 is 0 Å². The molecule has 2 aromatic rings. The molecule has 0 spiro atoms. The van der Waals surface area contributed by atoms with Crippen LogP contribution in [-0.2, 0) is 11.3 Å². The molecule has 0 saturated carbocycles. The maximum Gasteiger partial charge on any atom is 0.262 e. The third kappa shape index (κ3) is 12.6. The first-order chi connectivity index (χ1) is 19.2. The molecule has 0 aromatic heterocycles. The van der Waals surface area contributed by atoms with Gasteiger partial charge in [0.25, 0.3) is 5.91 Å². The smallest absolute Gasteiger partial charge is 0.262 e. The molecule has 1 N–H and O–H groups in total. The molecule has 0 aliphatic carbocycles. The van der Waals surface area contributed by atoms with Crippen molar-refractivity contribution in [2.75, 3.05) is 24.4 Å². The Balaban J connectivity index is 1.27. The Bertz CT molecular complexity index is 1020. The maximum atomic E-state index is 12.6. The highest BCUT2D eigenvalue weighted by molar-refractivity contribution is 8.02. The summed E-state index contributed by atoms with van der Waals surface area (Å²) >= 11 is 8.16. The summed E-state index contributed by atoms with van der Waals surface area (Å²) in [6.07, 6.45) is 17.9. The minimum Gasteiger partial charge on any atom is -0.494 e. The summed E-state index contributed by atoms with van der Waals surface area (Å²) in [4.78, 5) is 14.8. The van der Waals surface area contributed by atoms with Gasteiger partial charge in [-0.25, -0.2) is 0 Å². The molecule has 1 amide bonds. The van der Waals surface area contributed by atoms with Crippen LogP contribution in [0.3, 0.4) is 0 Å². The quantitative estimate of drug-likeness (QED) is 0.160. The lowest BCUT2D eigenvalue weighted by Gasteiger charge is -2.18. The Morgan fingerprint density at radius 1 is 0.923 bits per heavy atom. The number of rotatable bonds is 20. The monoisotopic (exact) mass is 572 g/mol. The second-order valence-electron chi connectivity index (χ2n) is 10.2. The molecule has 0 saturated heterocycles. The summed E-state index contributed by atoms with van der Waals surface area (Å²) in [6.45, 7) is 3.58. The molecule has 0 unspecified atom stereocenters. The number of nitrogens with zero attached hydrogens (tertiary/aromatic N) is 1. The standard InChI is InChI=1S/C32H45ClN2O3S/c1-2-3-4-5-6-7-8-9-10-11-12-15-21-37-28-18-19-31(29(33)23-28)38-25-32(36)34-30-17-14-13-16-27(30)24-35-20-22-39-26-35/h13-14,16-20,22-23H,2-12,15,21,24-26H2,1H3,(H,34,36). The lowest BCUT2D eigenvalue weighted by atomic mass is 10.1. The number of amides is 1. The van der Waals surface area contributed by atoms with Crippen molar-refractivity contribution in [3.8, 4) is 11.5 Å². The maximum absolute atomic E-state index is 12.6. The van der Waals surface area contributed by atoms with Gasteiger partial charge in [0.05, 0.1) is 17.5 Å². The van der Waals surface area contributed by atoms with Crippen LogP contribution < -0.4 is 14.8 Å². The van der Waals surface area contributed by atoms with Gasteiger partial charge in [-0.05, 0) is 35.6 Å². The molecule has 214 valence electrons. The normalized spacial score (nSPS) is 12.6. The molecule has 0 radical (unpaired) electrons. The van der Waals surface area contributed by atoms with Crippen LogP contribution >= 0.6 is 23.4 Å². The summed E-state index contributed by atoms with van der Waals surface area (Å²) in [5.41, 5.74) is 1.86. The van der Waals surface area contributed by atoms with Crippen LogP contribution in [0, 0.1) is 0 Å². The fourth-order valence-electron chi connectivity index (χ4n) is 4.56. The molecule has 3 rings (SSSR count). The molecular formula is C32H45ClN2O3S. The van der Waals surface area contributed by atoms with Gasteiger partial charge >= 0.3 is 0 Å². The van der Waals surface area contributed by atoms with Gasteiger partial charge in [0, 0.05) is 24.5 Å². The molecule has 0 bridgehead atoms. The topological polar surface area (TPSA) is 50.8 Å². The van der Waals surface area contributed by atoms with Crippen LogP contribution in [0.15, 0.2) is 54.1 Å². The van der Waals surface area contributed by atoms with Crippen LogP contribution in [-0.4, -0.2) is 29.9 Å². The molecule has 0 fully saturated rings. The first kappa shape index (κ1) is 31.2. The van der Waals surface area contributed by atoms with Crippen LogP contribution in [0.4, 0.5) is 5.69 Å². The first-order valence-electron chi connectivity index (χ1n) is 14.6. The highest BCUT2D eigenvalue weighted by atomic mass is 35.5. The Morgan fingerprint density at radius 3 is 2.28 bits per heavy atom. The number of hydrogen-bond donors (Lipinski definition) is 1. The molecule has 5 nitrogen and oxygen atoms in total. The number of anilines is 1. The zero-order valence-corrected chi connectivity index (χ0v) is 25.0. The van der Waals surface area contributed by atoms with E-state index in [1.807, 2.05) is 30.3 Å². The lowest BCUT2D eigenvalue weighted by Crippen LogP contribution is -2.22. The van der Waals surface area contributed by atoms with E-state index in [9.17, 15) is 4.79 Å². The van der Waals surface area contributed by atoms with Crippen LogP contribution in [0.5, 0.6) is 11.5 Å². The van der Waals surface area contributed by atoms with Crippen molar-refractivity contribution in [2.24, 2.45) is 0 Å². The Morgan fingerprint density at radius 2 is 1.62 bits per heavy atom. The molecule has 1 aliphatic rings. The van der Waals surface area contributed by atoms with E-state index in [0.29, 0.717) is 17.4 Å². The van der Waals surface area contributed by atoms with E-state index in [0.717, 1.165) is 35.8 Å². The number of unbranched alkanes of at least 4 members (excludes halogenated alkanes) is 11. The van der Waals surface area contributed by atoms with Crippen molar-refractivity contribution in [1.82, 2.24) is 4.90 Å². The number of para-hydroxylation sites is 1. The summed E-state index contributed by atoms with van der Waals surface area (Å²) in [5, 5.41) is 5.48. The average Bonchev–Trinajstić information content (AvgIpc) is 3.45. The van der Waals surface area contributed by atoms with Crippen molar-refractivity contribution >= 4 is 35.0 Å². The summed E-state index contributed by atoms with van der Waals surface area (Å²) < 4.78 is 11.6. The number of benzene rings is 2. The molecule has 7 heteroatoms. The summed E-state index contributed by atoms with van der Waals surface area (Å²) in [7, 11) is 0. The molecule has 1 aliphatic heterocycles. The van der Waals surface area contributed by atoms with E-state index in [2.05, 4.69) is 28.7 Å². The summed E-state index contributed by atoms with van der Waals surface area (Å²) in [6, 6.07) is 13.2. The molecule has 39 heavy (non-hydrogen) atoms. The second kappa shape index (κ2) is 18.9. The zero-order chi connectivity index (χ0) is 27.5. The minimum atomic E-state index is -0.225. The molecule has 1 heterocycles. The van der Waals surface area contributed by atoms with Gasteiger partial charge in [-0.2, -0.15) is 0 Å². The fraction of sp³-hybridized carbons (Fsp3) is 0.531. The van der Waals surface area contributed by atoms with Crippen molar-refractivity contribution in [1.29, 1.82) is 0 Å². The average molecular weight is 573 g/mol. The number of nitrogens with one attached hydrogen (secondary N) is 1. The Labute approximate surface area is 244 Å². The molecule has 0 atom stereocenters. The van der Waals surface area contributed by atoms with Gasteiger partial charge in [0.1, 0.15) is 11.5 Å². The highest BCUT2D eigenvalue weighted by Crippen LogP contribution is 2.29. The van der Waals surface area contributed by atoms with Gasteiger partial charge in [-0.15, -0.1) is 11.8 Å². The van der Waals surface area contributed by atoms with E-state index < -0.39 is 0 Å². The van der Waals surface area contributed by atoms with Gasteiger partial charge in [-0.1, -0.05) is 107 Å². The van der Waals surface area contributed by atoms with Gasteiger partial charge < -0.3 is 19.7 Å². The second-order valence-corrected chi connectivity index (χ2v) is 11.4.